The number of hydrogen-bond donors (Lipinski definition) is 1. The predicted octanol–water partition coefficient (Wildman–Crippen LogP) is 3.19. The highest BCUT2D eigenvalue weighted by molar-refractivity contribution is 5.98. The summed E-state index contributed by atoms with van der Waals surface area (Å²) in [7, 11) is 1.58. The largest absolute Gasteiger partial charge is 0.497 e. The first-order valence-corrected chi connectivity index (χ1v) is 13.1. The van der Waals surface area contributed by atoms with Gasteiger partial charge >= 0.3 is 0 Å². The number of ether oxygens (including phenoxy) is 2. The van der Waals surface area contributed by atoms with Gasteiger partial charge in [-0.2, -0.15) is 0 Å². The van der Waals surface area contributed by atoms with Crippen LogP contribution in [-0.2, 0) is 16.1 Å². The molecule has 1 atom stereocenters. The van der Waals surface area contributed by atoms with Crippen LogP contribution in [0.3, 0.4) is 0 Å². The molecule has 5 rings (SSSR count). The van der Waals surface area contributed by atoms with E-state index in [9.17, 15) is 14.4 Å². The van der Waals surface area contributed by atoms with E-state index in [2.05, 4.69) is 10.3 Å². The quantitative estimate of drug-likeness (QED) is 0.528. The molecule has 2 saturated heterocycles. The molecule has 2 aliphatic heterocycles. The Morgan fingerprint density at radius 3 is 2.28 bits per heavy atom. The molecule has 0 aliphatic carbocycles. The summed E-state index contributed by atoms with van der Waals surface area (Å²) >= 11 is 0. The Morgan fingerprint density at radius 1 is 0.974 bits per heavy atom. The second-order valence-corrected chi connectivity index (χ2v) is 9.87. The van der Waals surface area contributed by atoms with Gasteiger partial charge in [-0.15, -0.1) is 0 Å². The molecule has 1 aromatic heterocycles. The van der Waals surface area contributed by atoms with E-state index in [1.807, 2.05) is 37.3 Å². The fourth-order valence-electron chi connectivity index (χ4n) is 5.18. The molecule has 1 N–H and O–H groups in total. The number of methoxy groups -OCH3 is 1. The average molecular weight is 529 g/mol. The second kappa shape index (κ2) is 11.2. The summed E-state index contributed by atoms with van der Waals surface area (Å²) in [6.45, 7) is 3.08. The zero-order chi connectivity index (χ0) is 27.4. The van der Waals surface area contributed by atoms with Gasteiger partial charge in [0.25, 0.3) is 11.8 Å². The van der Waals surface area contributed by atoms with E-state index in [0.29, 0.717) is 42.8 Å². The van der Waals surface area contributed by atoms with Gasteiger partial charge in [0.15, 0.2) is 0 Å². The van der Waals surface area contributed by atoms with Gasteiger partial charge in [-0.25, -0.2) is 0 Å². The Balaban J connectivity index is 1.34. The first kappa shape index (κ1) is 26.4. The fourth-order valence-corrected chi connectivity index (χ4v) is 5.18. The Hall–Kier alpha value is -4.24. The van der Waals surface area contributed by atoms with Crippen molar-refractivity contribution in [2.45, 2.75) is 38.1 Å². The lowest BCUT2D eigenvalue weighted by atomic mass is 9.96. The van der Waals surface area contributed by atoms with Crippen molar-refractivity contribution >= 4 is 17.7 Å². The number of aromatic nitrogens is 1. The molecule has 0 unspecified atom stereocenters. The SMILES string of the molecule is COc1ccc(C(=O)N2CCC3(CC2)OC[C@H](C(=O)NCc2ccccn2)N3C(=O)c2ccc(C)cc2)cc1. The molecule has 2 aromatic carbocycles. The number of hydrogen-bond acceptors (Lipinski definition) is 6. The minimum absolute atomic E-state index is 0.0814. The predicted molar refractivity (Wildman–Crippen MR) is 144 cm³/mol. The van der Waals surface area contributed by atoms with E-state index < -0.39 is 11.8 Å². The maximum Gasteiger partial charge on any atom is 0.256 e. The summed E-state index contributed by atoms with van der Waals surface area (Å²) < 4.78 is 11.5. The van der Waals surface area contributed by atoms with Crippen LogP contribution in [0.5, 0.6) is 5.75 Å². The number of carbonyl (C=O) groups excluding carboxylic acids is 3. The molecule has 0 bridgehead atoms. The molecule has 3 heterocycles. The van der Waals surface area contributed by atoms with Crippen LogP contribution in [0.4, 0.5) is 0 Å². The van der Waals surface area contributed by atoms with Gasteiger partial charge in [0, 0.05) is 43.3 Å². The molecule has 39 heavy (non-hydrogen) atoms. The van der Waals surface area contributed by atoms with Crippen molar-refractivity contribution in [1.82, 2.24) is 20.1 Å². The molecule has 3 aromatic rings. The molecule has 202 valence electrons. The second-order valence-electron chi connectivity index (χ2n) is 9.87. The summed E-state index contributed by atoms with van der Waals surface area (Å²) in [6.07, 6.45) is 2.47. The number of aryl methyl sites for hydroxylation is 1. The maximum absolute atomic E-state index is 13.9. The Bertz CT molecular complexity index is 1320. The number of carbonyl (C=O) groups is 3. The smallest absolute Gasteiger partial charge is 0.256 e. The van der Waals surface area contributed by atoms with E-state index in [0.717, 1.165) is 11.3 Å². The lowest BCUT2D eigenvalue weighted by Gasteiger charge is -2.44. The van der Waals surface area contributed by atoms with E-state index in [1.165, 1.54) is 0 Å². The number of benzene rings is 2. The Morgan fingerprint density at radius 2 is 1.64 bits per heavy atom. The van der Waals surface area contributed by atoms with Crippen LogP contribution < -0.4 is 10.1 Å². The first-order valence-electron chi connectivity index (χ1n) is 13.1. The summed E-state index contributed by atoms with van der Waals surface area (Å²) in [4.78, 5) is 48.0. The lowest BCUT2D eigenvalue weighted by Crippen LogP contribution is -2.59. The third-order valence-electron chi connectivity index (χ3n) is 7.42. The third-order valence-corrected chi connectivity index (χ3v) is 7.42. The van der Waals surface area contributed by atoms with Crippen LogP contribution in [0.2, 0.25) is 0 Å². The average Bonchev–Trinajstić information content (AvgIpc) is 3.35. The highest BCUT2D eigenvalue weighted by atomic mass is 16.5. The molecule has 9 heteroatoms. The zero-order valence-corrected chi connectivity index (χ0v) is 22.1. The molecular weight excluding hydrogens is 496 g/mol. The van der Waals surface area contributed by atoms with Crippen LogP contribution in [0.15, 0.2) is 72.9 Å². The summed E-state index contributed by atoms with van der Waals surface area (Å²) in [6, 6.07) is 19.0. The van der Waals surface area contributed by atoms with Crippen molar-refractivity contribution in [3.05, 3.63) is 95.3 Å². The van der Waals surface area contributed by atoms with Crippen LogP contribution in [-0.4, -0.2) is 71.1 Å². The van der Waals surface area contributed by atoms with Gasteiger partial charge in [0.05, 0.1) is 26.0 Å². The third kappa shape index (κ3) is 5.49. The molecule has 1 spiro atoms. The lowest BCUT2D eigenvalue weighted by molar-refractivity contribution is -0.128. The molecular formula is C30H32N4O5. The van der Waals surface area contributed by atoms with Gasteiger partial charge in [-0.3, -0.25) is 24.3 Å². The van der Waals surface area contributed by atoms with Crippen LogP contribution in [0, 0.1) is 6.92 Å². The Labute approximate surface area is 227 Å². The van der Waals surface area contributed by atoms with Crippen molar-refractivity contribution in [3.63, 3.8) is 0 Å². The number of amides is 3. The van der Waals surface area contributed by atoms with Crippen molar-refractivity contribution in [2.75, 3.05) is 26.8 Å². The van der Waals surface area contributed by atoms with E-state index in [1.54, 1.807) is 59.5 Å². The number of likely N-dealkylation sites (tertiary alicyclic amines) is 1. The summed E-state index contributed by atoms with van der Waals surface area (Å²) in [5.74, 6) is 0.0304. The summed E-state index contributed by atoms with van der Waals surface area (Å²) in [5, 5.41) is 2.92. The van der Waals surface area contributed by atoms with Crippen LogP contribution >= 0.6 is 0 Å². The fraction of sp³-hybridized carbons (Fsp3) is 0.333. The van der Waals surface area contributed by atoms with Gasteiger partial charge in [0.2, 0.25) is 5.91 Å². The van der Waals surface area contributed by atoms with Crippen molar-refractivity contribution in [3.8, 4) is 5.75 Å². The molecule has 0 radical (unpaired) electrons. The molecule has 2 aliphatic rings. The topological polar surface area (TPSA) is 101 Å². The number of nitrogens with one attached hydrogen (secondary N) is 1. The first-order chi connectivity index (χ1) is 18.9. The molecule has 0 saturated carbocycles. The monoisotopic (exact) mass is 528 g/mol. The van der Waals surface area contributed by atoms with E-state index in [4.69, 9.17) is 9.47 Å². The van der Waals surface area contributed by atoms with Crippen molar-refractivity contribution in [1.29, 1.82) is 0 Å². The number of piperidine rings is 1. The Kier molecular flexibility index (Phi) is 7.60. The number of nitrogens with zero attached hydrogens (tertiary/aromatic N) is 3. The van der Waals surface area contributed by atoms with Crippen molar-refractivity contribution < 1.29 is 23.9 Å². The van der Waals surface area contributed by atoms with Gasteiger partial charge < -0.3 is 19.7 Å². The van der Waals surface area contributed by atoms with Crippen LogP contribution in [0.1, 0.15) is 44.8 Å². The number of rotatable bonds is 6. The normalized spacial score (nSPS) is 18.2. The molecule has 3 amide bonds. The van der Waals surface area contributed by atoms with Gasteiger partial charge in [-0.05, 0) is 55.5 Å². The number of pyridine rings is 1. The zero-order valence-electron chi connectivity index (χ0n) is 22.1. The highest BCUT2D eigenvalue weighted by Crippen LogP contribution is 2.39. The van der Waals surface area contributed by atoms with Gasteiger partial charge in [-0.1, -0.05) is 23.8 Å². The van der Waals surface area contributed by atoms with E-state index >= 15 is 0 Å². The standard InChI is InChI=1S/C30H32N4O5/c1-21-6-8-23(9-7-21)29(37)34-26(27(35)32-19-24-5-3-4-16-31-24)20-39-30(34)14-17-33(18-15-30)28(36)22-10-12-25(38-2)13-11-22/h3-13,16,26H,14-15,17-20H2,1-2H3,(H,32,35)/t26-/m1/s1. The summed E-state index contributed by atoms with van der Waals surface area (Å²) in [5.41, 5.74) is 1.84. The maximum atomic E-state index is 13.9. The van der Waals surface area contributed by atoms with Gasteiger partial charge in [0.1, 0.15) is 17.5 Å². The minimum Gasteiger partial charge on any atom is -0.497 e. The van der Waals surface area contributed by atoms with E-state index in [-0.39, 0.29) is 30.9 Å². The van der Waals surface area contributed by atoms with Crippen LogP contribution in [0.25, 0.3) is 0 Å². The minimum atomic E-state index is -0.980. The molecule has 2 fully saturated rings. The molecule has 9 nitrogen and oxygen atoms in total. The highest BCUT2D eigenvalue weighted by Gasteiger charge is 2.54. The van der Waals surface area contributed by atoms with Crippen molar-refractivity contribution in [2.24, 2.45) is 0 Å².